The molecule has 4 nitrogen and oxygen atoms in total. The number of hydrogen-bond donors (Lipinski definition) is 1. The molecule has 0 fully saturated rings. The van der Waals surface area contributed by atoms with Crippen LogP contribution in [0.1, 0.15) is 15.9 Å². The minimum Gasteiger partial charge on any atom is -0.493 e. The van der Waals surface area contributed by atoms with E-state index in [-0.39, 0.29) is 5.91 Å². The molecule has 0 spiro atoms. The molecule has 2 aromatic carbocycles. The molecule has 1 N–H and O–H groups in total. The molecule has 2 rings (SSSR count). The summed E-state index contributed by atoms with van der Waals surface area (Å²) in [5.74, 6) is 1.13. The zero-order chi connectivity index (χ0) is 18.4. The number of thioether (sulfide) groups is 1. The van der Waals surface area contributed by atoms with Crippen molar-refractivity contribution in [3.8, 4) is 11.5 Å². The first kappa shape index (κ1) is 19.9. The number of amides is 1. The third kappa shape index (κ3) is 5.06. The average molecular weight is 445 g/mol. The van der Waals surface area contributed by atoms with Crippen LogP contribution in [0.4, 0.5) is 0 Å². The first-order valence-electron chi connectivity index (χ1n) is 7.52. The molecule has 25 heavy (non-hydrogen) atoms. The molecule has 134 valence electrons. The molecule has 0 aliphatic rings. The Labute approximate surface area is 165 Å². The van der Waals surface area contributed by atoms with Crippen molar-refractivity contribution < 1.29 is 14.3 Å². The maximum Gasteiger partial charge on any atom is 0.252 e. The molecule has 0 aliphatic carbocycles. The summed E-state index contributed by atoms with van der Waals surface area (Å²) < 4.78 is 11.5. The predicted octanol–water partition coefficient (Wildman–Crippen LogP) is 4.81. The smallest absolute Gasteiger partial charge is 0.252 e. The van der Waals surface area contributed by atoms with Crippen molar-refractivity contribution in [1.82, 2.24) is 5.32 Å². The normalized spacial score (nSPS) is 10.4. The van der Waals surface area contributed by atoms with Crippen molar-refractivity contribution in [1.29, 1.82) is 0 Å². The maximum absolute atomic E-state index is 12.4. The number of carbonyl (C=O) groups excluding carboxylic acids is 1. The summed E-state index contributed by atoms with van der Waals surface area (Å²) >= 11 is 11.2. The van der Waals surface area contributed by atoms with E-state index >= 15 is 0 Å². The predicted molar refractivity (Wildman–Crippen MR) is 107 cm³/mol. The molecule has 0 atom stereocenters. The number of nitrogens with one attached hydrogen (secondary N) is 1. The van der Waals surface area contributed by atoms with Crippen LogP contribution in [0.25, 0.3) is 0 Å². The molecule has 0 aliphatic heterocycles. The number of rotatable bonds is 7. The molecule has 0 heterocycles. The molecular formula is C18H19BrClNO3S. The number of halogens is 2. The van der Waals surface area contributed by atoms with E-state index < -0.39 is 0 Å². The van der Waals surface area contributed by atoms with Crippen molar-refractivity contribution in [3.63, 3.8) is 0 Å². The molecule has 0 radical (unpaired) electrons. The highest BCUT2D eigenvalue weighted by Gasteiger charge is 2.13. The van der Waals surface area contributed by atoms with Gasteiger partial charge in [-0.05, 0) is 48.6 Å². The quantitative estimate of drug-likeness (QED) is 0.622. The van der Waals surface area contributed by atoms with E-state index in [4.69, 9.17) is 21.1 Å². The molecule has 0 saturated carbocycles. The van der Waals surface area contributed by atoms with E-state index in [1.165, 1.54) is 0 Å². The van der Waals surface area contributed by atoms with Crippen LogP contribution in [0.3, 0.4) is 0 Å². The second-order valence-corrected chi connectivity index (χ2v) is 7.29. The van der Waals surface area contributed by atoms with Crippen LogP contribution in [-0.2, 0) is 6.42 Å². The summed E-state index contributed by atoms with van der Waals surface area (Å²) in [6.07, 6.45) is 2.60. The molecule has 1 amide bonds. The van der Waals surface area contributed by atoms with Gasteiger partial charge in [0.2, 0.25) is 0 Å². The lowest BCUT2D eigenvalue weighted by Crippen LogP contribution is -2.26. The lowest BCUT2D eigenvalue weighted by atomic mass is 10.1. The Balaban J connectivity index is 2.04. The molecule has 0 saturated heterocycles. The SMILES string of the molecule is COc1cc(Br)c(CCNC(=O)c2cc(SC)ccc2Cl)cc1OC. The summed E-state index contributed by atoms with van der Waals surface area (Å²) in [6, 6.07) is 9.19. The first-order valence-corrected chi connectivity index (χ1v) is 9.91. The largest absolute Gasteiger partial charge is 0.493 e. The fourth-order valence-corrected chi connectivity index (χ4v) is 3.46. The zero-order valence-corrected chi connectivity index (χ0v) is 17.3. The summed E-state index contributed by atoms with van der Waals surface area (Å²) in [5.41, 5.74) is 1.50. The highest BCUT2D eigenvalue weighted by molar-refractivity contribution is 9.10. The van der Waals surface area contributed by atoms with Gasteiger partial charge in [0.05, 0.1) is 24.8 Å². The van der Waals surface area contributed by atoms with Crippen LogP contribution in [0.5, 0.6) is 11.5 Å². The van der Waals surface area contributed by atoms with Crippen molar-refractivity contribution in [2.24, 2.45) is 0 Å². The Morgan fingerprint density at radius 1 is 1.20 bits per heavy atom. The third-order valence-corrected chi connectivity index (χ3v) is 5.44. The Morgan fingerprint density at radius 3 is 2.52 bits per heavy atom. The van der Waals surface area contributed by atoms with Gasteiger partial charge in [0.1, 0.15) is 0 Å². The van der Waals surface area contributed by atoms with Crippen LogP contribution in [0.2, 0.25) is 5.02 Å². The van der Waals surface area contributed by atoms with Gasteiger partial charge in [-0.3, -0.25) is 4.79 Å². The van der Waals surface area contributed by atoms with E-state index in [9.17, 15) is 4.79 Å². The van der Waals surface area contributed by atoms with E-state index in [0.29, 0.717) is 35.1 Å². The molecule has 0 unspecified atom stereocenters. The number of methoxy groups -OCH3 is 2. The lowest BCUT2D eigenvalue weighted by molar-refractivity contribution is 0.0954. The summed E-state index contributed by atoms with van der Waals surface area (Å²) in [6.45, 7) is 0.479. The van der Waals surface area contributed by atoms with Crippen LogP contribution in [0, 0.1) is 0 Å². The van der Waals surface area contributed by atoms with Gasteiger partial charge in [0, 0.05) is 15.9 Å². The van der Waals surface area contributed by atoms with Gasteiger partial charge in [0.15, 0.2) is 11.5 Å². The molecule has 0 aromatic heterocycles. The van der Waals surface area contributed by atoms with Gasteiger partial charge in [-0.2, -0.15) is 0 Å². The number of ether oxygens (including phenoxy) is 2. The van der Waals surface area contributed by atoms with Gasteiger partial charge in [0.25, 0.3) is 5.91 Å². The summed E-state index contributed by atoms with van der Waals surface area (Å²) in [4.78, 5) is 13.4. The van der Waals surface area contributed by atoms with Crippen molar-refractivity contribution >= 4 is 45.2 Å². The minimum atomic E-state index is -0.183. The van der Waals surface area contributed by atoms with E-state index in [1.54, 1.807) is 38.1 Å². The van der Waals surface area contributed by atoms with Gasteiger partial charge < -0.3 is 14.8 Å². The molecule has 7 heteroatoms. The Morgan fingerprint density at radius 2 is 1.88 bits per heavy atom. The Hall–Kier alpha value is -1.37. The van der Waals surface area contributed by atoms with Gasteiger partial charge >= 0.3 is 0 Å². The number of benzene rings is 2. The van der Waals surface area contributed by atoms with Crippen LogP contribution < -0.4 is 14.8 Å². The highest BCUT2D eigenvalue weighted by atomic mass is 79.9. The van der Waals surface area contributed by atoms with Crippen molar-refractivity contribution in [2.45, 2.75) is 11.3 Å². The van der Waals surface area contributed by atoms with E-state index in [2.05, 4.69) is 21.2 Å². The average Bonchev–Trinajstić information content (AvgIpc) is 2.62. The van der Waals surface area contributed by atoms with Gasteiger partial charge in [-0.25, -0.2) is 0 Å². The Bertz CT molecular complexity index is 770. The minimum absolute atomic E-state index is 0.183. The fourth-order valence-electron chi connectivity index (χ4n) is 2.30. The van der Waals surface area contributed by atoms with Crippen molar-refractivity contribution in [3.05, 3.63) is 51.0 Å². The Kier molecular flexibility index (Phi) is 7.47. The van der Waals surface area contributed by atoms with Gasteiger partial charge in [-0.1, -0.05) is 27.5 Å². The van der Waals surface area contributed by atoms with Crippen molar-refractivity contribution in [2.75, 3.05) is 27.0 Å². The molecule has 0 bridgehead atoms. The second kappa shape index (κ2) is 9.36. The monoisotopic (exact) mass is 443 g/mol. The second-order valence-electron chi connectivity index (χ2n) is 5.15. The topological polar surface area (TPSA) is 47.6 Å². The molecular weight excluding hydrogens is 426 g/mol. The summed E-state index contributed by atoms with van der Waals surface area (Å²) in [5, 5.41) is 3.35. The first-order chi connectivity index (χ1) is 12.0. The third-order valence-electron chi connectivity index (χ3n) is 3.65. The van der Waals surface area contributed by atoms with E-state index in [0.717, 1.165) is 14.9 Å². The molecule has 2 aromatic rings. The maximum atomic E-state index is 12.4. The lowest BCUT2D eigenvalue weighted by Gasteiger charge is -2.12. The van der Waals surface area contributed by atoms with Crippen LogP contribution in [0.15, 0.2) is 39.7 Å². The summed E-state index contributed by atoms with van der Waals surface area (Å²) in [7, 11) is 3.19. The van der Waals surface area contributed by atoms with Crippen LogP contribution in [-0.4, -0.2) is 32.9 Å². The van der Waals surface area contributed by atoms with Crippen LogP contribution >= 0.6 is 39.3 Å². The number of hydrogen-bond acceptors (Lipinski definition) is 4. The number of carbonyl (C=O) groups is 1. The highest BCUT2D eigenvalue weighted by Crippen LogP contribution is 2.33. The van der Waals surface area contributed by atoms with E-state index in [1.807, 2.05) is 24.5 Å². The standard InChI is InChI=1S/C18H19BrClNO3S/c1-23-16-8-11(14(19)10-17(16)24-2)6-7-21-18(22)13-9-12(25-3)4-5-15(13)20/h4-5,8-10H,6-7H2,1-3H3,(H,21,22). The fraction of sp³-hybridized carbons (Fsp3) is 0.278. The van der Waals surface area contributed by atoms with Gasteiger partial charge in [-0.15, -0.1) is 11.8 Å². The zero-order valence-electron chi connectivity index (χ0n) is 14.2.